The summed E-state index contributed by atoms with van der Waals surface area (Å²) in [5.74, 6) is 2.22. The predicted octanol–water partition coefficient (Wildman–Crippen LogP) is -2.73. The van der Waals surface area contributed by atoms with Crippen LogP contribution in [0.25, 0.3) is 22.0 Å². The molecule has 0 radical (unpaired) electrons. The lowest BCUT2D eigenvalue weighted by atomic mass is 9.95. The lowest BCUT2D eigenvalue weighted by molar-refractivity contribution is -0.686. The molecular weight excluding hydrogens is 538 g/mol. The van der Waals surface area contributed by atoms with Crippen molar-refractivity contribution >= 4 is 10.8 Å². The highest BCUT2D eigenvalue weighted by molar-refractivity contribution is 5.91. The number of aromatic nitrogens is 1. The minimum absolute atomic E-state index is 0. The number of benzene rings is 2. The molecule has 0 saturated carbocycles. The maximum Gasteiger partial charge on any atom is 0.231 e. The van der Waals surface area contributed by atoms with E-state index in [0.29, 0.717) is 16.9 Å². The second-order valence-corrected chi connectivity index (χ2v) is 8.88. The summed E-state index contributed by atoms with van der Waals surface area (Å²) in [5.41, 5.74) is 3.26. The smallest absolute Gasteiger partial charge is 0.231 e. The molecule has 0 spiro atoms. The van der Waals surface area contributed by atoms with Gasteiger partial charge in [0.05, 0.1) is 24.7 Å². The number of rotatable bonds is 4. The van der Waals surface area contributed by atoms with E-state index in [1.807, 2.05) is 24.4 Å². The van der Waals surface area contributed by atoms with Crippen LogP contribution in [0.3, 0.4) is 0 Å². The highest BCUT2D eigenvalue weighted by atomic mass is 79.9. The zero-order chi connectivity index (χ0) is 24.3. The number of aliphatic hydroxyl groups is 4. The van der Waals surface area contributed by atoms with Gasteiger partial charge >= 0.3 is 0 Å². The van der Waals surface area contributed by atoms with Crippen molar-refractivity contribution in [3.05, 3.63) is 42.1 Å². The Kier molecular flexibility index (Phi) is 6.70. The van der Waals surface area contributed by atoms with E-state index in [4.69, 9.17) is 23.7 Å². The Balaban J connectivity index is 0.00000267. The Morgan fingerprint density at radius 2 is 1.81 bits per heavy atom. The standard InChI is InChI=1S/C25H26NO9.BrH/c1-31-17-3-2-12-6-16-14-8-19-18(32-11-33-19)7-13(14)4-5-26(16)9-15(12)24(17)35-25-23(30)22(29)21(28)20(10-27)34-25;/h2-3,6-9,20-23,25,27-30H,4-5,10-11H2,1H3;1H/q+1;/p-1/t20-,21-,22+,23-,25?;/m1./s1. The van der Waals surface area contributed by atoms with Crippen LogP contribution in [0.5, 0.6) is 23.0 Å². The second-order valence-electron chi connectivity index (χ2n) is 8.88. The Morgan fingerprint density at radius 1 is 1.03 bits per heavy atom. The van der Waals surface area contributed by atoms with E-state index in [0.717, 1.165) is 41.1 Å². The first-order valence-electron chi connectivity index (χ1n) is 11.4. The lowest BCUT2D eigenvalue weighted by Gasteiger charge is -2.39. The Hall–Kier alpha value is -2.67. The monoisotopic (exact) mass is 563 g/mol. The van der Waals surface area contributed by atoms with E-state index in [1.54, 1.807) is 6.07 Å². The van der Waals surface area contributed by atoms with Crippen molar-refractivity contribution in [1.29, 1.82) is 0 Å². The molecule has 4 N–H and O–H groups in total. The van der Waals surface area contributed by atoms with Gasteiger partial charge in [0.15, 0.2) is 35.7 Å². The van der Waals surface area contributed by atoms with Crippen LogP contribution in [0.15, 0.2) is 36.5 Å². The van der Waals surface area contributed by atoms with Gasteiger partial charge in [0.1, 0.15) is 24.4 Å². The normalized spacial score (nSPS) is 26.1. The molecule has 10 nitrogen and oxygen atoms in total. The molecule has 36 heavy (non-hydrogen) atoms. The molecule has 1 saturated heterocycles. The molecule has 3 aliphatic rings. The van der Waals surface area contributed by atoms with Gasteiger partial charge in [-0.15, -0.1) is 0 Å². The number of aryl methyl sites for hydroxylation is 2. The van der Waals surface area contributed by atoms with Crippen LogP contribution in [0.4, 0.5) is 0 Å². The number of ether oxygens (including phenoxy) is 5. The molecule has 1 unspecified atom stereocenters. The summed E-state index contributed by atoms with van der Waals surface area (Å²) in [4.78, 5) is 0. The fraction of sp³-hybridized carbons (Fsp3) is 0.400. The van der Waals surface area contributed by atoms with Crippen LogP contribution in [-0.2, 0) is 17.7 Å². The highest BCUT2D eigenvalue weighted by Gasteiger charge is 2.45. The SMILES string of the molecule is COc1ccc2cc3[n+](cc2c1OC1O[C@H](CO)[C@@H](O)[C@H](O)[C@H]1O)CCc1cc2c(cc1-3)OCO2.[Br-]. The van der Waals surface area contributed by atoms with Gasteiger partial charge in [0, 0.05) is 12.5 Å². The van der Waals surface area contributed by atoms with Crippen LogP contribution < -0.4 is 40.5 Å². The maximum absolute atomic E-state index is 10.5. The number of pyridine rings is 1. The summed E-state index contributed by atoms with van der Waals surface area (Å²) in [6.45, 7) is 0.404. The minimum Gasteiger partial charge on any atom is -1.00 e. The quantitative estimate of drug-likeness (QED) is 0.250. The molecule has 0 bridgehead atoms. The molecule has 1 fully saturated rings. The van der Waals surface area contributed by atoms with Crippen molar-refractivity contribution < 1.29 is 65.7 Å². The van der Waals surface area contributed by atoms with Gasteiger partial charge in [-0.3, -0.25) is 0 Å². The first kappa shape index (κ1) is 25.0. The number of fused-ring (bicyclic) bond motifs is 5. The van der Waals surface area contributed by atoms with Gasteiger partial charge in [-0.05, 0) is 35.2 Å². The van der Waals surface area contributed by atoms with Crippen LogP contribution in [0.2, 0.25) is 0 Å². The van der Waals surface area contributed by atoms with E-state index < -0.39 is 37.3 Å². The molecule has 3 aromatic rings. The largest absolute Gasteiger partial charge is 1.00 e. The fourth-order valence-corrected chi connectivity index (χ4v) is 4.96. The van der Waals surface area contributed by atoms with E-state index in [9.17, 15) is 20.4 Å². The van der Waals surface area contributed by atoms with Gasteiger partial charge in [-0.1, -0.05) is 0 Å². The van der Waals surface area contributed by atoms with Gasteiger partial charge in [0.2, 0.25) is 18.8 Å². The number of nitrogens with zero attached hydrogens (tertiary/aromatic N) is 1. The van der Waals surface area contributed by atoms with Crippen molar-refractivity contribution in [2.45, 2.75) is 43.7 Å². The van der Waals surface area contributed by atoms with Gasteiger partial charge in [-0.25, -0.2) is 0 Å². The summed E-state index contributed by atoms with van der Waals surface area (Å²) in [7, 11) is 1.51. The van der Waals surface area contributed by atoms with E-state index >= 15 is 0 Å². The van der Waals surface area contributed by atoms with Crippen molar-refractivity contribution in [2.75, 3.05) is 20.5 Å². The number of halogens is 1. The molecule has 4 heterocycles. The topological polar surface area (TPSA) is 131 Å². The summed E-state index contributed by atoms with van der Waals surface area (Å²) in [5, 5.41) is 41.8. The molecule has 2 aromatic carbocycles. The highest BCUT2D eigenvalue weighted by Crippen LogP contribution is 2.42. The number of hydrogen-bond donors (Lipinski definition) is 4. The van der Waals surface area contributed by atoms with Crippen molar-refractivity contribution in [3.63, 3.8) is 0 Å². The third-order valence-corrected chi connectivity index (χ3v) is 6.88. The fourth-order valence-electron chi connectivity index (χ4n) is 4.96. The second kappa shape index (κ2) is 9.66. The molecule has 11 heteroatoms. The number of aliphatic hydroxyl groups excluding tert-OH is 4. The summed E-state index contributed by atoms with van der Waals surface area (Å²) in [6.07, 6.45) is -4.19. The maximum atomic E-state index is 10.5. The number of hydrogen-bond acceptors (Lipinski definition) is 9. The van der Waals surface area contributed by atoms with Crippen LogP contribution >= 0.6 is 0 Å². The molecule has 5 atom stereocenters. The molecule has 192 valence electrons. The average Bonchev–Trinajstić information content (AvgIpc) is 3.34. The lowest BCUT2D eigenvalue weighted by Crippen LogP contribution is -3.00. The van der Waals surface area contributed by atoms with E-state index in [-0.39, 0.29) is 23.8 Å². The number of methoxy groups -OCH3 is 1. The molecule has 0 amide bonds. The third kappa shape index (κ3) is 3.96. The Morgan fingerprint density at radius 3 is 2.56 bits per heavy atom. The molecular formula is C25H26BrNO9. The predicted molar refractivity (Wildman–Crippen MR) is 120 cm³/mol. The van der Waals surface area contributed by atoms with E-state index in [2.05, 4.69) is 10.6 Å². The zero-order valence-corrected chi connectivity index (χ0v) is 20.9. The molecule has 1 aromatic heterocycles. The van der Waals surface area contributed by atoms with Crippen molar-refractivity contribution in [2.24, 2.45) is 0 Å². The van der Waals surface area contributed by atoms with Gasteiger partial charge in [0.25, 0.3) is 0 Å². The zero-order valence-electron chi connectivity index (χ0n) is 19.3. The minimum atomic E-state index is -1.54. The molecule has 3 aliphatic heterocycles. The summed E-state index contributed by atoms with van der Waals surface area (Å²) < 4.78 is 30.4. The average molecular weight is 564 g/mol. The van der Waals surface area contributed by atoms with Gasteiger partial charge < -0.3 is 61.1 Å². The van der Waals surface area contributed by atoms with Crippen LogP contribution in [-0.4, -0.2) is 71.6 Å². The van der Waals surface area contributed by atoms with E-state index in [1.165, 1.54) is 12.7 Å². The van der Waals surface area contributed by atoms with Crippen molar-refractivity contribution in [1.82, 2.24) is 0 Å². The third-order valence-electron chi connectivity index (χ3n) is 6.88. The summed E-state index contributed by atoms with van der Waals surface area (Å²) >= 11 is 0. The van der Waals surface area contributed by atoms with Crippen LogP contribution in [0.1, 0.15) is 5.56 Å². The first-order valence-corrected chi connectivity index (χ1v) is 11.4. The van der Waals surface area contributed by atoms with Crippen molar-refractivity contribution in [3.8, 4) is 34.3 Å². The summed E-state index contributed by atoms with van der Waals surface area (Å²) in [6, 6.07) is 9.75. The van der Waals surface area contributed by atoms with Crippen LogP contribution in [0, 0.1) is 0 Å². The Bertz CT molecular complexity index is 1300. The molecule has 6 rings (SSSR count). The van der Waals surface area contributed by atoms with Gasteiger partial charge in [-0.2, -0.15) is 4.57 Å². The first-order chi connectivity index (χ1) is 17.0. The molecule has 0 aliphatic carbocycles. The Labute approximate surface area is 216 Å².